The van der Waals surface area contributed by atoms with Crippen LogP contribution in [0.1, 0.15) is 77.9 Å². The number of amides is 4. The predicted molar refractivity (Wildman–Crippen MR) is 243 cm³/mol. The van der Waals surface area contributed by atoms with Crippen LogP contribution < -0.4 is 16.0 Å². The number of carbonyl (C=O) groups excluding carboxylic acids is 4. The van der Waals surface area contributed by atoms with Crippen LogP contribution in [0.2, 0.25) is 0 Å². The molecule has 15 heteroatoms. The van der Waals surface area contributed by atoms with Crippen molar-refractivity contribution in [1.82, 2.24) is 40.6 Å². The molecular weight excluding hydrogens is 811 g/mol. The summed E-state index contributed by atoms with van der Waals surface area (Å²) in [5, 5.41) is 9.09. The number of carbonyl (C=O) groups is 4. The Bertz CT molecular complexity index is 2480. The smallest absolute Gasteiger partial charge is 0.407 e. The standard InChI is InChI=1S/C49H55N9O6/c1-56(2)30-36-27-35(39-29-51-45(53-39)41-18-12-26-58(41)47(60)43(55-49(62)64-4)34-15-9-6-10-16-34)23-24-37(36)31-19-21-32(22-20-31)38-28-50-44(52-38)40-17-11-25-57(40)46(59)42(54-48(61)63-3)33-13-7-5-8-14-33/h5-10,13-16,19-24,27,29,38,40-43H,11-12,17-18,25-26,28,30H2,1-4H3,(H,50,52)(H,51,53)(H,54,61)(H,55,62)/t38?,40-,41-,42+,43+/m0/s1. The number of hydrogen-bond donors (Lipinski definition) is 4. The van der Waals surface area contributed by atoms with E-state index in [2.05, 4.69) is 82.4 Å². The molecule has 1 aromatic heterocycles. The van der Waals surface area contributed by atoms with Crippen molar-refractivity contribution in [3.63, 3.8) is 0 Å². The summed E-state index contributed by atoms with van der Waals surface area (Å²) in [4.78, 5) is 71.6. The number of aromatic amines is 1. The van der Waals surface area contributed by atoms with Gasteiger partial charge in [0, 0.05) is 19.6 Å². The van der Waals surface area contributed by atoms with E-state index in [1.54, 1.807) is 4.90 Å². The number of nitrogens with one attached hydrogen (secondary N) is 4. The Morgan fingerprint density at radius 3 is 1.89 bits per heavy atom. The minimum absolute atomic E-state index is 0.0441. The zero-order valence-corrected chi connectivity index (χ0v) is 36.6. The Balaban J connectivity index is 0.955. The minimum atomic E-state index is -0.892. The first-order chi connectivity index (χ1) is 31.1. The quantitative estimate of drug-likeness (QED) is 0.101. The lowest BCUT2D eigenvalue weighted by Crippen LogP contribution is -2.49. The number of hydrogen-bond acceptors (Lipinski definition) is 10. The molecule has 2 saturated heterocycles. The Morgan fingerprint density at radius 2 is 1.31 bits per heavy atom. The van der Waals surface area contributed by atoms with Gasteiger partial charge < -0.3 is 45.1 Å². The minimum Gasteiger partial charge on any atom is -0.453 e. The molecule has 3 aliphatic rings. The predicted octanol–water partition coefficient (Wildman–Crippen LogP) is 6.70. The molecule has 4 N–H and O–H groups in total. The molecule has 15 nitrogen and oxygen atoms in total. The fourth-order valence-corrected chi connectivity index (χ4v) is 9.09. The number of aliphatic imine (C=N–C) groups is 1. The zero-order valence-electron chi connectivity index (χ0n) is 36.6. The van der Waals surface area contributed by atoms with Gasteiger partial charge in [-0.3, -0.25) is 14.6 Å². The van der Waals surface area contributed by atoms with Gasteiger partial charge in [0.1, 0.15) is 23.7 Å². The third kappa shape index (κ3) is 9.49. The second-order valence-electron chi connectivity index (χ2n) is 16.7. The third-order valence-corrected chi connectivity index (χ3v) is 12.2. The Kier molecular flexibility index (Phi) is 13.4. The Hall–Kier alpha value is -7.00. The number of imidazole rings is 1. The molecule has 4 aromatic carbocycles. The molecule has 2 fully saturated rings. The summed E-state index contributed by atoms with van der Waals surface area (Å²) in [7, 11) is 6.68. The van der Waals surface area contributed by atoms with E-state index in [0.29, 0.717) is 43.1 Å². The van der Waals surface area contributed by atoms with E-state index >= 15 is 0 Å². The molecule has 4 amide bonds. The normalized spacial score (nSPS) is 19.1. The van der Waals surface area contributed by atoms with Crippen LogP contribution in [0.5, 0.6) is 0 Å². The Morgan fingerprint density at radius 1 is 0.750 bits per heavy atom. The molecule has 1 unspecified atom stereocenters. The SMILES string of the molecule is COC(=O)N[C@@H](C(=O)N1CCC[C@H]1C1=NCC(c2ccc(-c3ccc(-c4cnc([C@@H]5CCCN5C(=O)[C@H](NC(=O)OC)c5ccccc5)[nH]4)cc3CN(C)C)cc2)N1)c1ccccc1. The van der Waals surface area contributed by atoms with Crippen molar-refractivity contribution in [2.24, 2.45) is 4.99 Å². The maximum absolute atomic E-state index is 14.0. The first-order valence-corrected chi connectivity index (χ1v) is 21.8. The number of aromatic nitrogens is 2. The van der Waals surface area contributed by atoms with Gasteiger partial charge in [-0.1, -0.05) is 97.1 Å². The first kappa shape index (κ1) is 43.6. The summed E-state index contributed by atoms with van der Waals surface area (Å²) in [6.07, 6.45) is 3.65. The van der Waals surface area contributed by atoms with Crippen molar-refractivity contribution in [2.45, 2.75) is 62.4 Å². The van der Waals surface area contributed by atoms with Crippen molar-refractivity contribution in [2.75, 3.05) is 47.9 Å². The van der Waals surface area contributed by atoms with Gasteiger partial charge in [0.15, 0.2) is 0 Å². The second kappa shape index (κ2) is 19.6. The molecule has 0 saturated carbocycles. The fraction of sp³-hybridized carbons (Fsp3) is 0.347. The number of nitrogens with zero attached hydrogens (tertiary/aromatic N) is 5. The molecule has 3 aliphatic heterocycles. The highest BCUT2D eigenvalue weighted by atomic mass is 16.5. The van der Waals surface area contributed by atoms with E-state index in [4.69, 9.17) is 19.5 Å². The number of rotatable bonds is 13. The largest absolute Gasteiger partial charge is 0.453 e. The molecule has 332 valence electrons. The van der Waals surface area contributed by atoms with E-state index in [9.17, 15) is 19.2 Å². The topological polar surface area (TPSA) is 174 Å². The molecule has 5 aromatic rings. The Labute approximate surface area is 373 Å². The number of alkyl carbamates (subject to hydrolysis) is 2. The average Bonchev–Trinajstić information content (AvgIpc) is 4.17. The van der Waals surface area contributed by atoms with E-state index in [-0.39, 0.29) is 29.9 Å². The number of H-pyrrole nitrogens is 1. The van der Waals surface area contributed by atoms with E-state index < -0.39 is 24.3 Å². The summed E-state index contributed by atoms with van der Waals surface area (Å²) in [6.45, 7) is 2.37. The lowest BCUT2D eigenvalue weighted by molar-refractivity contribution is -0.135. The van der Waals surface area contributed by atoms with Gasteiger partial charge in [-0.2, -0.15) is 0 Å². The number of methoxy groups -OCH3 is 2. The maximum Gasteiger partial charge on any atom is 0.407 e. The van der Waals surface area contributed by atoms with Gasteiger partial charge in [0.2, 0.25) is 0 Å². The van der Waals surface area contributed by atoms with Crippen molar-refractivity contribution in [3.05, 3.63) is 137 Å². The molecular formula is C49H55N9O6. The first-order valence-electron chi connectivity index (χ1n) is 21.8. The molecule has 64 heavy (non-hydrogen) atoms. The van der Waals surface area contributed by atoms with Crippen LogP contribution in [-0.4, -0.2) is 108 Å². The monoisotopic (exact) mass is 865 g/mol. The van der Waals surface area contributed by atoms with Crippen LogP contribution in [0.4, 0.5) is 9.59 Å². The highest BCUT2D eigenvalue weighted by Gasteiger charge is 2.40. The van der Waals surface area contributed by atoms with Crippen LogP contribution >= 0.6 is 0 Å². The average molecular weight is 866 g/mol. The van der Waals surface area contributed by atoms with E-state index in [1.165, 1.54) is 14.2 Å². The number of amidine groups is 1. The van der Waals surface area contributed by atoms with Gasteiger partial charge in [-0.15, -0.1) is 0 Å². The highest BCUT2D eigenvalue weighted by molar-refractivity contribution is 5.96. The summed E-state index contributed by atoms with van der Waals surface area (Å²) in [5.74, 6) is 1.08. The summed E-state index contributed by atoms with van der Waals surface area (Å²) in [5.41, 5.74) is 7.65. The van der Waals surface area contributed by atoms with Crippen LogP contribution in [0.25, 0.3) is 22.4 Å². The van der Waals surface area contributed by atoms with Gasteiger partial charge in [-0.25, -0.2) is 14.6 Å². The van der Waals surface area contributed by atoms with Gasteiger partial charge >= 0.3 is 12.2 Å². The molecule has 8 rings (SSSR count). The summed E-state index contributed by atoms with van der Waals surface area (Å²) >= 11 is 0. The lowest BCUT2D eigenvalue weighted by Gasteiger charge is -2.30. The summed E-state index contributed by atoms with van der Waals surface area (Å²) < 4.78 is 9.72. The third-order valence-electron chi connectivity index (χ3n) is 12.2. The molecule has 0 radical (unpaired) electrons. The second-order valence-corrected chi connectivity index (χ2v) is 16.7. The van der Waals surface area contributed by atoms with Crippen molar-refractivity contribution < 1.29 is 28.7 Å². The van der Waals surface area contributed by atoms with Gasteiger partial charge in [0.25, 0.3) is 11.8 Å². The van der Waals surface area contributed by atoms with Crippen LogP contribution in [0.3, 0.4) is 0 Å². The molecule has 0 aliphatic carbocycles. The van der Waals surface area contributed by atoms with Crippen LogP contribution in [-0.2, 0) is 25.6 Å². The van der Waals surface area contributed by atoms with Gasteiger partial charge in [-0.05, 0) is 84.8 Å². The number of ether oxygens (including phenoxy) is 2. The number of likely N-dealkylation sites (tertiary alicyclic amines) is 2. The zero-order chi connectivity index (χ0) is 44.7. The van der Waals surface area contributed by atoms with Crippen LogP contribution in [0, 0.1) is 0 Å². The summed E-state index contributed by atoms with van der Waals surface area (Å²) in [6, 6.07) is 31.1. The molecule has 0 spiro atoms. The molecule has 0 bridgehead atoms. The van der Waals surface area contributed by atoms with Crippen molar-refractivity contribution in [1.29, 1.82) is 0 Å². The number of benzene rings is 4. The molecule has 5 atom stereocenters. The van der Waals surface area contributed by atoms with E-state index in [1.807, 2.05) is 71.8 Å². The maximum atomic E-state index is 14.0. The fourth-order valence-electron chi connectivity index (χ4n) is 9.09. The van der Waals surface area contributed by atoms with Crippen molar-refractivity contribution >= 4 is 29.8 Å². The van der Waals surface area contributed by atoms with Gasteiger partial charge in [0.05, 0.1) is 50.8 Å². The van der Waals surface area contributed by atoms with Crippen LogP contribution in [0.15, 0.2) is 114 Å². The van der Waals surface area contributed by atoms with Crippen molar-refractivity contribution in [3.8, 4) is 22.4 Å². The lowest BCUT2D eigenvalue weighted by atomic mass is 9.94. The highest BCUT2D eigenvalue weighted by Crippen LogP contribution is 2.36. The van der Waals surface area contributed by atoms with E-state index in [0.717, 1.165) is 65.0 Å². The molecule has 4 heterocycles.